The van der Waals surface area contributed by atoms with E-state index >= 15 is 0 Å². The lowest BCUT2D eigenvalue weighted by atomic mass is 10.1. The second-order valence-corrected chi connectivity index (χ2v) is 3.64. The summed E-state index contributed by atoms with van der Waals surface area (Å²) >= 11 is 0. The molecule has 4 nitrogen and oxygen atoms in total. The highest BCUT2D eigenvalue weighted by molar-refractivity contribution is 5.99. The van der Waals surface area contributed by atoms with Crippen LogP contribution >= 0.6 is 12.4 Å². The van der Waals surface area contributed by atoms with E-state index < -0.39 is 6.04 Å². The van der Waals surface area contributed by atoms with Crippen molar-refractivity contribution in [3.8, 4) is 0 Å². The molecule has 94 valence electrons. The molecule has 0 spiro atoms. The van der Waals surface area contributed by atoms with Crippen molar-refractivity contribution in [2.45, 2.75) is 26.3 Å². The van der Waals surface area contributed by atoms with Gasteiger partial charge in [0.2, 0.25) is 5.91 Å². The number of carbonyl (C=O) groups excluding carboxylic acids is 2. The van der Waals surface area contributed by atoms with Crippen molar-refractivity contribution in [2.24, 2.45) is 5.73 Å². The van der Waals surface area contributed by atoms with E-state index in [1.54, 1.807) is 38.1 Å². The molecule has 0 aromatic heterocycles. The molecule has 0 saturated heterocycles. The van der Waals surface area contributed by atoms with Crippen LogP contribution in [0.25, 0.3) is 0 Å². The van der Waals surface area contributed by atoms with Crippen LogP contribution in [0.1, 0.15) is 30.6 Å². The Morgan fingerprint density at radius 3 is 2.59 bits per heavy atom. The number of hydrogen-bond donors (Lipinski definition) is 2. The third-order valence-electron chi connectivity index (χ3n) is 2.19. The van der Waals surface area contributed by atoms with Crippen LogP contribution in [-0.4, -0.2) is 17.7 Å². The van der Waals surface area contributed by atoms with E-state index in [-0.39, 0.29) is 24.1 Å². The average Bonchev–Trinajstić information content (AvgIpc) is 2.28. The highest BCUT2D eigenvalue weighted by Gasteiger charge is 2.09. The number of carbonyl (C=O) groups is 2. The van der Waals surface area contributed by atoms with Crippen molar-refractivity contribution in [1.82, 2.24) is 0 Å². The zero-order valence-electron chi connectivity index (χ0n) is 9.90. The van der Waals surface area contributed by atoms with Crippen LogP contribution in [0.15, 0.2) is 24.3 Å². The van der Waals surface area contributed by atoms with Gasteiger partial charge in [0, 0.05) is 17.7 Å². The molecule has 1 amide bonds. The van der Waals surface area contributed by atoms with Crippen LogP contribution < -0.4 is 11.1 Å². The molecule has 0 unspecified atom stereocenters. The maximum absolute atomic E-state index is 11.4. The van der Waals surface area contributed by atoms with E-state index in [1.165, 1.54) is 0 Å². The molecule has 0 aliphatic heterocycles. The van der Waals surface area contributed by atoms with Crippen molar-refractivity contribution in [3.63, 3.8) is 0 Å². The Hall–Kier alpha value is -1.39. The van der Waals surface area contributed by atoms with Gasteiger partial charge in [-0.15, -0.1) is 12.4 Å². The Morgan fingerprint density at radius 1 is 1.41 bits per heavy atom. The highest BCUT2D eigenvalue weighted by Crippen LogP contribution is 2.12. The minimum atomic E-state index is -0.564. The molecule has 1 aromatic rings. The summed E-state index contributed by atoms with van der Waals surface area (Å²) in [7, 11) is 0. The second-order valence-electron chi connectivity index (χ2n) is 3.64. The number of rotatable bonds is 4. The predicted molar refractivity (Wildman–Crippen MR) is 70.6 cm³/mol. The van der Waals surface area contributed by atoms with Crippen LogP contribution in [0.4, 0.5) is 5.69 Å². The van der Waals surface area contributed by atoms with Gasteiger partial charge in [-0.25, -0.2) is 0 Å². The molecule has 1 atom stereocenters. The van der Waals surface area contributed by atoms with Gasteiger partial charge in [-0.05, 0) is 19.1 Å². The average molecular weight is 257 g/mol. The first-order chi connectivity index (χ1) is 7.54. The van der Waals surface area contributed by atoms with Gasteiger partial charge in [-0.3, -0.25) is 9.59 Å². The Kier molecular flexibility index (Phi) is 6.46. The summed E-state index contributed by atoms with van der Waals surface area (Å²) in [5.41, 5.74) is 6.63. The summed E-state index contributed by atoms with van der Waals surface area (Å²) in [6.45, 7) is 3.41. The number of benzene rings is 1. The SMILES string of the molecule is CCC(=O)c1cccc(NC(=O)[C@@H](C)N)c1.Cl. The molecule has 0 heterocycles. The topological polar surface area (TPSA) is 72.2 Å². The summed E-state index contributed by atoms with van der Waals surface area (Å²) in [5.74, 6) is -0.210. The Bertz CT molecular complexity index is 405. The smallest absolute Gasteiger partial charge is 0.240 e. The van der Waals surface area contributed by atoms with Gasteiger partial charge in [0.25, 0.3) is 0 Å². The van der Waals surface area contributed by atoms with Crippen molar-refractivity contribution < 1.29 is 9.59 Å². The molecule has 0 radical (unpaired) electrons. The summed E-state index contributed by atoms with van der Waals surface area (Å²) in [6, 6.07) is 6.29. The number of amides is 1. The number of ketones is 1. The first-order valence-corrected chi connectivity index (χ1v) is 5.24. The molecule has 1 rings (SSSR count). The Morgan fingerprint density at radius 2 is 2.06 bits per heavy atom. The lowest BCUT2D eigenvalue weighted by Crippen LogP contribution is -2.32. The molecular weight excluding hydrogens is 240 g/mol. The van der Waals surface area contributed by atoms with E-state index in [0.29, 0.717) is 17.7 Å². The van der Waals surface area contributed by atoms with E-state index in [2.05, 4.69) is 5.32 Å². The summed E-state index contributed by atoms with van der Waals surface area (Å²) in [4.78, 5) is 22.8. The lowest BCUT2D eigenvalue weighted by Gasteiger charge is -2.08. The highest BCUT2D eigenvalue weighted by atomic mass is 35.5. The van der Waals surface area contributed by atoms with Crippen molar-refractivity contribution in [3.05, 3.63) is 29.8 Å². The molecule has 1 aromatic carbocycles. The largest absolute Gasteiger partial charge is 0.325 e. The van der Waals surface area contributed by atoms with E-state index in [4.69, 9.17) is 5.73 Å². The standard InChI is InChI=1S/C12H16N2O2.ClH/c1-3-11(15)9-5-4-6-10(7-9)14-12(16)8(2)13;/h4-8H,3,13H2,1-2H3,(H,14,16);1H/t8-;/m1./s1. The van der Waals surface area contributed by atoms with Gasteiger partial charge in [0.15, 0.2) is 5.78 Å². The number of nitrogens with one attached hydrogen (secondary N) is 1. The minimum Gasteiger partial charge on any atom is -0.325 e. The number of anilines is 1. The van der Waals surface area contributed by atoms with Crippen molar-refractivity contribution in [2.75, 3.05) is 5.32 Å². The van der Waals surface area contributed by atoms with Gasteiger partial charge < -0.3 is 11.1 Å². The monoisotopic (exact) mass is 256 g/mol. The van der Waals surface area contributed by atoms with Crippen LogP contribution in [0.2, 0.25) is 0 Å². The van der Waals surface area contributed by atoms with Gasteiger partial charge >= 0.3 is 0 Å². The normalized spacial score (nSPS) is 11.2. The maximum Gasteiger partial charge on any atom is 0.240 e. The van der Waals surface area contributed by atoms with Crippen molar-refractivity contribution in [1.29, 1.82) is 0 Å². The first-order valence-electron chi connectivity index (χ1n) is 5.24. The lowest BCUT2D eigenvalue weighted by molar-refractivity contribution is -0.117. The molecule has 3 N–H and O–H groups in total. The zero-order valence-corrected chi connectivity index (χ0v) is 10.7. The van der Waals surface area contributed by atoms with Crippen LogP contribution in [0.5, 0.6) is 0 Å². The van der Waals surface area contributed by atoms with Crippen LogP contribution in [-0.2, 0) is 4.79 Å². The Labute approximate surface area is 107 Å². The quantitative estimate of drug-likeness (QED) is 0.810. The van der Waals surface area contributed by atoms with Crippen LogP contribution in [0, 0.1) is 0 Å². The summed E-state index contributed by atoms with van der Waals surface area (Å²) in [6.07, 6.45) is 0.449. The maximum atomic E-state index is 11.4. The fourth-order valence-electron chi connectivity index (χ4n) is 1.23. The van der Waals surface area contributed by atoms with Crippen LogP contribution in [0.3, 0.4) is 0 Å². The number of Topliss-reactive ketones (excluding diaryl/α,β-unsaturated/α-hetero) is 1. The predicted octanol–water partition coefficient (Wildman–Crippen LogP) is 1.99. The molecule has 0 aliphatic carbocycles. The van der Waals surface area contributed by atoms with Gasteiger partial charge in [-0.1, -0.05) is 19.1 Å². The fourth-order valence-corrected chi connectivity index (χ4v) is 1.23. The molecule has 0 saturated carbocycles. The molecule has 0 aliphatic rings. The molecule has 0 bridgehead atoms. The minimum absolute atomic E-state index is 0. The van der Waals surface area contributed by atoms with Gasteiger partial charge in [0.1, 0.15) is 0 Å². The van der Waals surface area contributed by atoms with Crippen molar-refractivity contribution >= 4 is 29.8 Å². The molecular formula is C12H17ClN2O2. The zero-order chi connectivity index (χ0) is 12.1. The molecule has 5 heteroatoms. The third-order valence-corrected chi connectivity index (χ3v) is 2.19. The summed E-state index contributed by atoms with van der Waals surface area (Å²) < 4.78 is 0. The van der Waals surface area contributed by atoms with E-state index in [0.717, 1.165) is 0 Å². The molecule has 0 fully saturated rings. The van der Waals surface area contributed by atoms with Gasteiger partial charge in [0.05, 0.1) is 6.04 Å². The number of halogens is 1. The number of hydrogen-bond acceptors (Lipinski definition) is 3. The third kappa shape index (κ3) is 4.54. The summed E-state index contributed by atoms with van der Waals surface area (Å²) in [5, 5.41) is 2.64. The fraction of sp³-hybridized carbons (Fsp3) is 0.333. The second kappa shape index (κ2) is 7.04. The number of nitrogens with two attached hydrogens (primary N) is 1. The van der Waals surface area contributed by atoms with E-state index in [9.17, 15) is 9.59 Å². The first kappa shape index (κ1) is 15.6. The Balaban J connectivity index is 0.00000256. The van der Waals surface area contributed by atoms with Gasteiger partial charge in [-0.2, -0.15) is 0 Å². The van der Waals surface area contributed by atoms with E-state index in [1.807, 2.05) is 0 Å². The molecule has 17 heavy (non-hydrogen) atoms.